The molecule has 0 spiro atoms. The Balaban J connectivity index is 1.66. The zero-order valence-corrected chi connectivity index (χ0v) is 12.8. The van der Waals surface area contributed by atoms with Crippen molar-refractivity contribution in [1.82, 2.24) is 5.32 Å². The lowest BCUT2D eigenvalue weighted by Crippen LogP contribution is -2.19. The lowest BCUT2D eigenvalue weighted by molar-refractivity contribution is 0.498. The molecule has 0 aliphatic heterocycles. The van der Waals surface area contributed by atoms with Crippen LogP contribution in [0.15, 0.2) is 48.5 Å². The van der Waals surface area contributed by atoms with Gasteiger partial charge in [-0.2, -0.15) is 0 Å². The first-order valence-corrected chi connectivity index (χ1v) is 7.82. The van der Waals surface area contributed by atoms with Crippen LogP contribution in [-0.2, 0) is 6.54 Å². The van der Waals surface area contributed by atoms with E-state index in [-0.39, 0.29) is 6.04 Å². The fourth-order valence-electron chi connectivity index (χ4n) is 3.13. The van der Waals surface area contributed by atoms with Crippen molar-refractivity contribution in [2.45, 2.75) is 44.8 Å². The number of rotatable bonds is 4. The van der Waals surface area contributed by atoms with Gasteiger partial charge in [0.05, 0.1) is 0 Å². The van der Waals surface area contributed by atoms with E-state index in [2.05, 4.69) is 67.7 Å². The van der Waals surface area contributed by atoms with Crippen molar-refractivity contribution in [1.29, 1.82) is 0 Å². The second kappa shape index (κ2) is 6.00. The van der Waals surface area contributed by atoms with Crippen LogP contribution in [0.3, 0.4) is 0 Å². The lowest BCUT2D eigenvalue weighted by Gasteiger charge is -2.14. The second-order valence-electron chi connectivity index (χ2n) is 6.30. The van der Waals surface area contributed by atoms with E-state index in [1.807, 2.05) is 0 Å². The number of hydrogen-bond donors (Lipinski definition) is 2. The van der Waals surface area contributed by atoms with Crippen LogP contribution in [0.2, 0.25) is 0 Å². The third-order valence-corrected chi connectivity index (χ3v) is 4.46. The average Bonchev–Trinajstić information content (AvgIpc) is 2.83. The van der Waals surface area contributed by atoms with Crippen molar-refractivity contribution in [3.63, 3.8) is 0 Å². The Morgan fingerprint density at radius 1 is 1.05 bits per heavy atom. The van der Waals surface area contributed by atoms with Crippen LogP contribution < -0.4 is 11.1 Å². The summed E-state index contributed by atoms with van der Waals surface area (Å²) in [6, 6.07) is 18.0. The van der Waals surface area contributed by atoms with E-state index in [0.29, 0.717) is 12.0 Å². The van der Waals surface area contributed by atoms with Crippen LogP contribution >= 0.6 is 0 Å². The Morgan fingerprint density at radius 2 is 1.71 bits per heavy atom. The van der Waals surface area contributed by atoms with Crippen LogP contribution in [0.4, 0.5) is 0 Å². The van der Waals surface area contributed by atoms with Crippen LogP contribution in [0.5, 0.6) is 0 Å². The highest BCUT2D eigenvalue weighted by Gasteiger charge is 2.27. The molecule has 2 heteroatoms. The maximum Gasteiger partial charge on any atom is 0.0344 e. The van der Waals surface area contributed by atoms with E-state index in [1.54, 1.807) is 0 Å². The molecule has 1 aliphatic rings. The largest absolute Gasteiger partial charge is 0.324 e. The molecule has 3 rings (SSSR count). The SMILES string of the molecule is CC(C)c1ccc(CNC2CC(N)c3ccccc32)cc1. The van der Waals surface area contributed by atoms with E-state index in [9.17, 15) is 0 Å². The van der Waals surface area contributed by atoms with Crippen LogP contribution in [-0.4, -0.2) is 0 Å². The Bertz CT molecular complexity index is 601. The molecule has 0 amide bonds. The Kier molecular flexibility index (Phi) is 4.09. The predicted octanol–water partition coefficient (Wildman–Crippen LogP) is 4.04. The molecule has 0 saturated carbocycles. The summed E-state index contributed by atoms with van der Waals surface area (Å²) >= 11 is 0. The molecule has 2 aromatic carbocycles. The summed E-state index contributed by atoms with van der Waals surface area (Å²) < 4.78 is 0. The van der Waals surface area contributed by atoms with E-state index in [4.69, 9.17) is 5.73 Å². The standard InChI is InChI=1S/C19H24N2/c1-13(2)15-9-7-14(8-10-15)12-21-19-11-18(20)16-5-3-4-6-17(16)19/h3-10,13,18-19,21H,11-12,20H2,1-2H3. The van der Waals surface area contributed by atoms with Gasteiger partial charge in [0.2, 0.25) is 0 Å². The molecule has 2 unspecified atom stereocenters. The highest BCUT2D eigenvalue weighted by atomic mass is 14.9. The molecule has 0 bridgehead atoms. The topological polar surface area (TPSA) is 38.0 Å². The van der Waals surface area contributed by atoms with Gasteiger partial charge in [-0.15, -0.1) is 0 Å². The molecular weight excluding hydrogens is 256 g/mol. The van der Waals surface area contributed by atoms with E-state index in [0.717, 1.165) is 13.0 Å². The molecule has 0 saturated heterocycles. The summed E-state index contributed by atoms with van der Waals surface area (Å²) in [5.41, 5.74) is 11.6. The highest BCUT2D eigenvalue weighted by Crippen LogP contribution is 2.37. The molecule has 2 nitrogen and oxygen atoms in total. The first kappa shape index (κ1) is 14.3. The van der Waals surface area contributed by atoms with Crippen molar-refractivity contribution < 1.29 is 0 Å². The maximum absolute atomic E-state index is 6.22. The van der Waals surface area contributed by atoms with Gasteiger partial charge in [-0.05, 0) is 34.6 Å². The van der Waals surface area contributed by atoms with Crippen molar-refractivity contribution in [3.8, 4) is 0 Å². The molecule has 2 atom stereocenters. The van der Waals surface area contributed by atoms with Crippen molar-refractivity contribution >= 4 is 0 Å². The number of fused-ring (bicyclic) bond motifs is 1. The van der Waals surface area contributed by atoms with Crippen molar-refractivity contribution in [3.05, 3.63) is 70.8 Å². The van der Waals surface area contributed by atoms with Gasteiger partial charge >= 0.3 is 0 Å². The Morgan fingerprint density at radius 3 is 2.38 bits per heavy atom. The quantitative estimate of drug-likeness (QED) is 0.887. The van der Waals surface area contributed by atoms with Gasteiger partial charge in [0.25, 0.3) is 0 Å². The number of benzene rings is 2. The number of hydrogen-bond acceptors (Lipinski definition) is 2. The summed E-state index contributed by atoms with van der Waals surface area (Å²) in [7, 11) is 0. The zero-order chi connectivity index (χ0) is 14.8. The van der Waals surface area contributed by atoms with Gasteiger partial charge in [-0.1, -0.05) is 62.4 Å². The number of nitrogens with one attached hydrogen (secondary N) is 1. The summed E-state index contributed by atoms with van der Waals surface area (Å²) in [6.07, 6.45) is 0.990. The maximum atomic E-state index is 6.22. The second-order valence-corrected chi connectivity index (χ2v) is 6.30. The van der Waals surface area contributed by atoms with E-state index in [1.165, 1.54) is 22.3 Å². The third-order valence-electron chi connectivity index (χ3n) is 4.46. The van der Waals surface area contributed by atoms with Gasteiger partial charge in [0, 0.05) is 18.6 Å². The van der Waals surface area contributed by atoms with Crippen molar-refractivity contribution in [2.75, 3.05) is 0 Å². The molecular formula is C19H24N2. The van der Waals surface area contributed by atoms with Crippen molar-refractivity contribution in [2.24, 2.45) is 5.73 Å². The molecule has 0 fully saturated rings. The van der Waals surface area contributed by atoms with Crippen LogP contribution in [0.1, 0.15) is 60.5 Å². The minimum atomic E-state index is 0.169. The monoisotopic (exact) mass is 280 g/mol. The third kappa shape index (κ3) is 3.02. The summed E-state index contributed by atoms with van der Waals surface area (Å²) in [5.74, 6) is 0.590. The molecule has 3 N–H and O–H groups in total. The Labute approximate surface area is 127 Å². The lowest BCUT2D eigenvalue weighted by atomic mass is 10.0. The normalized spacial score (nSPS) is 20.8. The van der Waals surface area contributed by atoms with Gasteiger partial charge in [-0.25, -0.2) is 0 Å². The Hall–Kier alpha value is -1.64. The molecule has 2 aromatic rings. The van der Waals surface area contributed by atoms with E-state index >= 15 is 0 Å². The molecule has 110 valence electrons. The summed E-state index contributed by atoms with van der Waals surface area (Å²) in [6.45, 7) is 5.35. The highest BCUT2D eigenvalue weighted by molar-refractivity contribution is 5.37. The van der Waals surface area contributed by atoms with Gasteiger partial charge in [0.1, 0.15) is 0 Å². The molecule has 0 radical (unpaired) electrons. The van der Waals surface area contributed by atoms with Gasteiger partial charge in [0.15, 0.2) is 0 Å². The molecule has 0 heterocycles. The fourth-order valence-corrected chi connectivity index (χ4v) is 3.13. The van der Waals surface area contributed by atoms with E-state index < -0.39 is 0 Å². The smallest absolute Gasteiger partial charge is 0.0344 e. The molecule has 21 heavy (non-hydrogen) atoms. The summed E-state index contributed by atoms with van der Waals surface area (Å²) in [5, 5.41) is 3.65. The minimum absolute atomic E-state index is 0.169. The first-order valence-electron chi connectivity index (χ1n) is 7.82. The summed E-state index contributed by atoms with van der Waals surface area (Å²) in [4.78, 5) is 0. The number of nitrogens with two attached hydrogens (primary N) is 1. The van der Waals surface area contributed by atoms with Crippen LogP contribution in [0, 0.1) is 0 Å². The molecule has 1 aliphatic carbocycles. The minimum Gasteiger partial charge on any atom is -0.324 e. The van der Waals surface area contributed by atoms with Gasteiger partial charge in [-0.3, -0.25) is 0 Å². The predicted molar refractivity (Wildman–Crippen MR) is 88.1 cm³/mol. The molecule has 0 aromatic heterocycles. The first-order chi connectivity index (χ1) is 10.1. The van der Waals surface area contributed by atoms with Crippen LogP contribution in [0.25, 0.3) is 0 Å². The zero-order valence-electron chi connectivity index (χ0n) is 12.8. The van der Waals surface area contributed by atoms with Gasteiger partial charge < -0.3 is 11.1 Å². The average molecular weight is 280 g/mol. The fraction of sp³-hybridized carbons (Fsp3) is 0.368.